The third-order valence-corrected chi connectivity index (χ3v) is 3.96. The summed E-state index contributed by atoms with van der Waals surface area (Å²) in [4.78, 5) is 0. The minimum atomic E-state index is -0.0759. The molecule has 2 heteroatoms. The molecule has 0 heterocycles. The van der Waals surface area contributed by atoms with Crippen molar-refractivity contribution >= 4 is 27.5 Å². The Kier molecular flexibility index (Phi) is 3.67. The molecular formula is C14H12BrCl. The van der Waals surface area contributed by atoms with Gasteiger partial charge in [0.15, 0.2) is 0 Å². The SMILES string of the molecule is Cc1cc(C(Cl)c2ccccc2)ccc1Br. The second-order valence-corrected chi connectivity index (χ2v) is 5.07. The van der Waals surface area contributed by atoms with Gasteiger partial charge in [0.2, 0.25) is 0 Å². The summed E-state index contributed by atoms with van der Waals surface area (Å²) in [6.07, 6.45) is 0. The predicted molar refractivity (Wildman–Crippen MR) is 73.0 cm³/mol. The summed E-state index contributed by atoms with van der Waals surface area (Å²) in [7, 11) is 0. The maximum absolute atomic E-state index is 6.44. The van der Waals surface area contributed by atoms with Crippen molar-refractivity contribution in [1.29, 1.82) is 0 Å². The number of aryl methyl sites for hydroxylation is 1. The Morgan fingerprint density at radius 3 is 2.31 bits per heavy atom. The van der Waals surface area contributed by atoms with Crippen LogP contribution in [0.3, 0.4) is 0 Å². The number of hydrogen-bond donors (Lipinski definition) is 0. The Hall–Kier alpha value is -0.790. The third kappa shape index (κ3) is 2.47. The minimum absolute atomic E-state index is 0.0759. The first-order chi connectivity index (χ1) is 7.68. The van der Waals surface area contributed by atoms with Crippen molar-refractivity contribution in [2.45, 2.75) is 12.3 Å². The average Bonchev–Trinajstić information content (AvgIpc) is 2.33. The summed E-state index contributed by atoms with van der Waals surface area (Å²) in [5.41, 5.74) is 3.47. The van der Waals surface area contributed by atoms with Gasteiger partial charge in [-0.1, -0.05) is 58.4 Å². The van der Waals surface area contributed by atoms with E-state index in [-0.39, 0.29) is 5.38 Å². The highest BCUT2D eigenvalue weighted by Crippen LogP contribution is 2.30. The molecule has 1 atom stereocenters. The lowest BCUT2D eigenvalue weighted by molar-refractivity contribution is 1.13. The van der Waals surface area contributed by atoms with Gasteiger partial charge in [-0.15, -0.1) is 11.6 Å². The first kappa shape index (κ1) is 11.7. The van der Waals surface area contributed by atoms with E-state index in [2.05, 4.69) is 47.1 Å². The monoisotopic (exact) mass is 294 g/mol. The van der Waals surface area contributed by atoms with Crippen LogP contribution in [0.25, 0.3) is 0 Å². The standard InChI is InChI=1S/C14H12BrCl/c1-10-9-12(7-8-13(10)15)14(16)11-5-3-2-4-6-11/h2-9,14H,1H3. The molecule has 1 unspecified atom stereocenters. The highest BCUT2D eigenvalue weighted by molar-refractivity contribution is 9.10. The zero-order chi connectivity index (χ0) is 11.5. The molecular weight excluding hydrogens is 284 g/mol. The molecule has 82 valence electrons. The number of hydrogen-bond acceptors (Lipinski definition) is 0. The Morgan fingerprint density at radius 1 is 1.00 bits per heavy atom. The largest absolute Gasteiger partial charge is 0.113 e. The first-order valence-electron chi connectivity index (χ1n) is 5.13. The van der Waals surface area contributed by atoms with Gasteiger partial charge in [-0.2, -0.15) is 0 Å². The Morgan fingerprint density at radius 2 is 1.69 bits per heavy atom. The fourth-order valence-corrected chi connectivity index (χ4v) is 2.17. The maximum atomic E-state index is 6.44. The molecule has 2 aromatic rings. The molecule has 0 aromatic heterocycles. The summed E-state index contributed by atoms with van der Waals surface area (Å²) >= 11 is 9.93. The Bertz CT molecular complexity index is 479. The van der Waals surface area contributed by atoms with Gasteiger partial charge in [-0.3, -0.25) is 0 Å². The van der Waals surface area contributed by atoms with Crippen LogP contribution in [0.2, 0.25) is 0 Å². The average molecular weight is 296 g/mol. The Balaban J connectivity index is 2.34. The van der Waals surface area contributed by atoms with Gasteiger partial charge < -0.3 is 0 Å². The number of rotatable bonds is 2. The van der Waals surface area contributed by atoms with E-state index < -0.39 is 0 Å². The van der Waals surface area contributed by atoms with Crippen LogP contribution in [-0.2, 0) is 0 Å². The summed E-state index contributed by atoms with van der Waals surface area (Å²) < 4.78 is 1.12. The number of benzene rings is 2. The molecule has 0 amide bonds. The van der Waals surface area contributed by atoms with Gasteiger partial charge in [0.1, 0.15) is 0 Å². The molecule has 16 heavy (non-hydrogen) atoms. The second kappa shape index (κ2) is 5.03. The summed E-state index contributed by atoms with van der Waals surface area (Å²) in [6, 6.07) is 16.3. The van der Waals surface area contributed by atoms with Crippen molar-refractivity contribution in [1.82, 2.24) is 0 Å². The first-order valence-corrected chi connectivity index (χ1v) is 6.36. The van der Waals surface area contributed by atoms with E-state index in [1.165, 1.54) is 5.56 Å². The van der Waals surface area contributed by atoms with Crippen LogP contribution in [0, 0.1) is 6.92 Å². The summed E-state index contributed by atoms with van der Waals surface area (Å²) in [5.74, 6) is 0. The molecule has 0 spiro atoms. The summed E-state index contributed by atoms with van der Waals surface area (Å²) in [5, 5.41) is -0.0759. The van der Waals surface area contributed by atoms with Gasteiger partial charge in [0.25, 0.3) is 0 Å². The van der Waals surface area contributed by atoms with E-state index in [9.17, 15) is 0 Å². The summed E-state index contributed by atoms with van der Waals surface area (Å²) in [6.45, 7) is 2.07. The quantitative estimate of drug-likeness (QED) is 0.677. The normalized spacial score (nSPS) is 12.4. The molecule has 0 aliphatic heterocycles. The van der Waals surface area contributed by atoms with Gasteiger partial charge >= 0.3 is 0 Å². The smallest absolute Gasteiger partial charge is 0.0835 e. The molecule has 0 saturated heterocycles. The van der Waals surface area contributed by atoms with E-state index in [1.807, 2.05) is 24.3 Å². The molecule has 0 radical (unpaired) electrons. The second-order valence-electron chi connectivity index (χ2n) is 3.78. The van der Waals surface area contributed by atoms with Gasteiger partial charge in [0.05, 0.1) is 5.38 Å². The predicted octanol–water partition coefficient (Wildman–Crippen LogP) is 5.09. The van der Waals surface area contributed by atoms with Gasteiger partial charge in [-0.25, -0.2) is 0 Å². The Labute approximate surface area is 109 Å². The van der Waals surface area contributed by atoms with Crippen molar-refractivity contribution in [2.24, 2.45) is 0 Å². The fraction of sp³-hybridized carbons (Fsp3) is 0.143. The van der Waals surface area contributed by atoms with E-state index >= 15 is 0 Å². The van der Waals surface area contributed by atoms with Crippen LogP contribution in [0.1, 0.15) is 22.1 Å². The van der Waals surface area contributed by atoms with Crippen molar-refractivity contribution < 1.29 is 0 Å². The highest BCUT2D eigenvalue weighted by Gasteiger charge is 2.10. The molecule has 2 aromatic carbocycles. The highest BCUT2D eigenvalue weighted by atomic mass is 79.9. The van der Waals surface area contributed by atoms with Gasteiger partial charge in [-0.05, 0) is 29.7 Å². The molecule has 0 fully saturated rings. The molecule has 2 rings (SSSR count). The van der Waals surface area contributed by atoms with Crippen LogP contribution >= 0.6 is 27.5 Å². The van der Waals surface area contributed by atoms with E-state index in [1.54, 1.807) is 0 Å². The number of halogens is 2. The van der Waals surface area contributed by atoms with Crippen molar-refractivity contribution in [3.05, 3.63) is 69.7 Å². The third-order valence-electron chi connectivity index (χ3n) is 2.57. The van der Waals surface area contributed by atoms with Crippen molar-refractivity contribution in [3.63, 3.8) is 0 Å². The van der Waals surface area contributed by atoms with Crippen molar-refractivity contribution in [2.75, 3.05) is 0 Å². The molecule has 0 bridgehead atoms. The fourth-order valence-electron chi connectivity index (χ4n) is 1.64. The maximum Gasteiger partial charge on any atom is 0.0835 e. The molecule has 0 saturated carbocycles. The van der Waals surface area contributed by atoms with Gasteiger partial charge in [0, 0.05) is 4.47 Å². The van der Waals surface area contributed by atoms with E-state index in [0.717, 1.165) is 15.6 Å². The lowest BCUT2D eigenvalue weighted by Crippen LogP contribution is -1.93. The molecule has 0 aliphatic rings. The zero-order valence-corrected chi connectivity index (χ0v) is 11.3. The van der Waals surface area contributed by atoms with E-state index in [4.69, 9.17) is 11.6 Å². The minimum Gasteiger partial charge on any atom is -0.113 e. The van der Waals surface area contributed by atoms with Crippen LogP contribution in [0.4, 0.5) is 0 Å². The van der Waals surface area contributed by atoms with E-state index in [0.29, 0.717) is 0 Å². The topological polar surface area (TPSA) is 0 Å². The van der Waals surface area contributed by atoms with Crippen molar-refractivity contribution in [3.8, 4) is 0 Å². The lowest BCUT2D eigenvalue weighted by Gasteiger charge is -2.11. The van der Waals surface area contributed by atoms with Crippen LogP contribution in [0.15, 0.2) is 53.0 Å². The molecule has 0 N–H and O–H groups in total. The molecule has 0 aliphatic carbocycles. The van der Waals surface area contributed by atoms with Crippen LogP contribution in [-0.4, -0.2) is 0 Å². The zero-order valence-electron chi connectivity index (χ0n) is 8.95. The van der Waals surface area contributed by atoms with Crippen LogP contribution in [0.5, 0.6) is 0 Å². The van der Waals surface area contributed by atoms with Crippen LogP contribution < -0.4 is 0 Å². The number of alkyl halides is 1. The molecule has 0 nitrogen and oxygen atoms in total. The lowest BCUT2D eigenvalue weighted by atomic mass is 10.0.